The Morgan fingerprint density at radius 1 is 1.14 bits per heavy atom. The van der Waals surface area contributed by atoms with Crippen LogP contribution in [0.15, 0.2) is 52.5 Å². The molecule has 98 valence electrons. The van der Waals surface area contributed by atoms with Crippen molar-refractivity contribution in [1.82, 2.24) is 15.0 Å². The molecule has 2 N–H and O–H groups in total. The van der Waals surface area contributed by atoms with Gasteiger partial charge in [0.25, 0.3) is 0 Å². The van der Waals surface area contributed by atoms with Gasteiger partial charge in [0.2, 0.25) is 0 Å². The van der Waals surface area contributed by atoms with Crippen molar-refractivity contribution in [1.29, 1.82) is 0 Å². The number of pyridine rings is 1. The summed E-state index contributed by atoms with van der Waals surface area (Å²) in [5, 5.41) is 0.422. The number of hydrogen-bond donors (Lipinski definition) is 2. The van der Waals surface area contributed by atoms with Crippen LogP contribution in [0.3, 0.4) is 0 Å². The normalized spacial score (nSPS) is 11.4. The summed E-state index contributed by atoms with van der Waals surface area (Å²) < 4.78 is 12.2. The van der Waals surface area contributed by atoms with Crippen molar-refractivity contribution in [2.75, 3.05) is 0 Å². The van der Waals surface area contributed by atoms with Gasteiger partial charge in [0.1, 0.15) is 0 Å². The SMILES string of the molecule is O=c1cc[nH]c(CS(=O)c2nc3ccccc3[nH]2)c1.[Na].[Na]. The number of aromatic amines is 2. The van der Waals surface area contributed by atoms with Gasteiger partial charge in [-0.15, -0.1) is 0 Å². The van der Waals surface area contributed by atoms with Gasteiger partial charge in [-0.05, 0) is 12.1 Å². The van der Waals surface area contributed by atoms with Gasteiger partial charge in [-0.3, -0.25) is 9.00 Å². The van der Waals surface area contributed by atoms with Crippen LogP contribution in [0.5, 0.6) is 0 Å². The molecular formula is C13H11N3Na2O2S. The minimum atomic E-state index is -1.31. The first-order valence-electron chi connectivity index (χ1n) is 5.73. The molecule has 3 aromatic rings. The van der Waals surface area contributed by atoms with E-state index in [1.54, 1.807) is 6.20 Å². The molecule has 2 radical (unpaired) electrons. The standard InChI is InChI=1S/C13H11N3O2S.2Na/c17-10-5-6-14-9(7-10)8-19(18)13-15-11-3-1-2-4-12(11)16-13;;/h1-7H,8H2,(H,14,17)(H,15,16);;. The van der Waals surface area contributed by atoms with Crippen molar-refractivity contribution in [2.24, 2.45) is 0 Å². The summed E-state index contributed by atoms with van der Waals surface area (Å²) in [4.78, 5) is 21.4. The van der Waals surface area contributed by atoms with E-state index in [1.807, 2.05) is 24.3 Å². The zero-order valence-electron chi connectivity index (χ0n) is 11.9. The number of nitrogens with one attached hydrogen (secondary N) is 2. The smallest absolute Gasteiger partial charge is 0.197 e. The van der Waals surface area contributed by atoms with Gasteiger partial charge in [-0.1, -0.05) is 12.1 Å². The predicted molar refractivity (Wildman–Crippen MR) is 84.8 cm³/mol. The average molecular weight is 319 g/mol. The third kappa shape index (κ3) is 4.63. The number of rotatable bonds is 3. The average Bonchev–Trinajstić information content (AvgIpc) is 2.82. The summed E-state index contributed by atoms with van der Waals surface area (Å²) in [6.45, 7) is 0. The van der Waals surface area contributed by atoms with Crippen molar-refractivity contribution in [2.45, 2.75) is 10.9 Å². The molecule has 0 bridgehead atoms. The van der Waals surface area contributed by atoms with Crippen LogP contribution in [-0.2, 0) is 16.6 Å². The van der Waals surface area contributed by atoms with Crippen LogP contribution in [-0.4, -0.2) is 78.3 Å². The molecule has 0 spiro atoms. The molecule has 1 aromatic carbocycles. The van der Waals surface area contributed by atoms with Crippen LogP contribution >= 0.6 is 0 Å². The van der Waals surface area contributed by atoms with E-state index in [9.17, 15) is 9.00 Å². The quantitative estimate of drug-likeness (QED) is 0.701. The van der Waals surface area contributed by atoms with E-state index in [-0.39, 0.29) is 70.3 Å². The number of fused-ring (bicyclic) bond motifs is 1. The third-order valence-corrected chi connectivity index (χ3v) is 3.90. The maximum Gasteiger partial charge on any atom is 0.197 e. The first-order valence-corrected chi connectivity index (χ1v) is 7.05. The van der Waals surface area contributed by atoms with Gasteiger partial charge in [-0.25, -0.2) is 4.98 Å². The summed E-state index contributed by atoms with van der Waals surface area (Å²) in [6.07, 6.45) is 1.55. The van der Waals surface area contributed by atoms with E-state index >= 15 is 0 Å². The molecule has 21 heavy (non-hydrogen) atoms. The number of imidazole rings is 1. The summed E-state index contributed by atoms with van der Waals surface area (Å²) in [6, 6.07) is 10.4. The third-order valence-electron chi connectivity index (χ3n) is 2.70. The molecule has 3 rings (SSSR count). The number of H-pyrrole nitrogens is 2. The van der Waals surface area contributed by atoms with Crippen molar-refractivity contribution in [3.63, 3.8) is 0 Å². The van der Waals surface area contributed by atoms with Crippen LogP contribution in [0.4, 0.5) is 0 Å². The minimum absolute atomic E-state index is 0. The molecule has 0 saturated carbocycles. The molecular weight excluding hydrogens is 308 g/mol. The summed E-state index contributed by atoms with van der Waals surface area (Å²) in [5.41, 5.74) is 2.17. The fourth-order valence-corrected chi connectivity index (χ4v) is 2.83. The van der Waals surface area contributed by atoms with Crippen LogP contribution in [0.25, 0.3) is 11.0 Å². The molecule has 2 aromatic heterocycles. The van der Waals surface area contributed by atoms with Crippen LogP contribution in [0.1, 0.15) is 5.69 Å². The zero-order chi connectivity index (χ0) is 13.2. The topological polar surface area (TPSA) is 78.6 Å². The van der Waals surface area contributed by atoms with E-state index in [2.05, 4.69) is 15.0 Å². The van der Waals surface area contributed by atoms with Gasteiger partial charge in [0.05, 0.1) is 27.6 Å². The van der Waals surface area contributed by atoms with Gasteiger partial charge in [-0.2, -0.15) is 0 Å². The number of para-hydroxylation sites is 2. The molecule has 0 aliphatic carbocycles. The number of aromatic nitrogens is 3. The summed E-state index contributed by atoms with van der Waals surface area (Å²) >= 11 is 0. The summed E-state index contributed by atoms with van der Waals surface area (Å²) in [7, 11) is -1.31. The van der Waals surface area contributed by atoms with Crippen molar-refractivity contribution in [3.8, 4) is 0 Å². The number of nitrogens with zero attached hydrogens (tertiary/aromatic N) is 1. The zero-order valence-corrected chi connectivity index (χ0v) is 16.7. The Morgan fingerprint density at radius 3 is 2.62 bits per heavy atom. The second-order valence-corrected chi connectivity index (χ2v) is 5.46. The first-order chi connectivity index (χ1) is 9.22. The van der Waals surface area contributed by atoms with Crippen molar-refractivity contribution in [3.05, 3.63) is 58.5 Å². The van der Waals surface area contributed by atoms with E-state index in [4.69, 9.17) is 0 Å². The Kier molecular flexibility index (Phi) is 7.56. The van der Waals surface area contributed by atoms with Gasteiger partial charge in [0, 0.05) is 83.1 Å². The molecule has 5 nitrogen and oxygen atoms in total. The Labute approximate surface area is 168 Å². The monoisotopic (exact) mass is 319 g/mol. The first kappa shape index (κ1) is 18.8. The van der Waals surface area contributed by atoms with Gasteiger partial charge < -0.3 is 9.97 Å². The second-order valence-electron chi connectivity index (χ2n) is 4.10. The molecule has 1 atom stereocenters. The Balaban J connectivity index is 0.00000110. The van der Waals surface area contributed by atoms with E-state index < -0.39 is 10.8 Å². The van der Waals surface area contributed by atoms with Crippen LogP contribution in [0, 0.1) is 0 Å². The molecule has 0 aliphatic heterocycles. The molecule has 0 saturated heterocycles. The predicted octanol–water partition coefficient (Wildman–Crippen LogP) is 0.797. The van der Waals surface area contributed by atoms with Crippen LogP contribution in [0.2, 0.25) is 0 Å². The molecule has 0 amide bonds. The van der Waals surface area contributed by atoms with Gasteiger partial charge >= 0.3 is 0 Å². The molecule has 0 aliphatic rings. The molecule has 8 heteroatoms. The molecule has 1 unspecified atom stereocenters. The van der Waals surface area contributed by atoms with Crippen LogP contribution < -0.4 is 5.43 Å². The fourth-order valence-electron chi connectivity index (χ4n) is 1.82. The van der Waals surface area contributed by atoms with E-state index in [0.29, 0.717) is 10.9 Å². The molecule has 2 heterocycles. The fraction of sp³-hybridized carbons (Fsp3) is 0.0769. The Bertz CT molecular complexity index is 783. The van der Waals surface area contributed by atoms with Crippen molar-refractivity contribution >= 4 is 80.9 Å². The van der Waals surface area contributed by atoms with E-state index in [1.165, 1.54) is 12.1 Å². The van der Waals surface area contributed by atoms with Crippen molar-refractivity contribution < 1.29 is 4.21 Å². The van der Waals surface area contributed by atoms with Gasteiger partial charge in [0.15, 0.2) is 10.6 Å². The molecule has 0 fully saturated rings. The largest absolute Gasteiger partial charge is 0.364 e. The minimum Gasteiger partial charge on any atom is -0.364 e. The number of hydrogen-bond acceptors (Lipinski definition) is 3. The maximum absolute atomic E-state index is 12.2. The second kappa shape index (κ2) is 8.43. The summed E-state index contributed by atoms with van der Waals surface area (Å²) in [5.74, 6) is 0.232. The Hall–Kier alpha value is -0.210. The number of benzene rings is 1. The maximum atomic E-state index is 12.2. The van der Waals surface area contributed by atoms with E-state index in [0.717, 1.165) is 11.0 Å². The Morgan fingerprint density at radius 2 is 1.90 bits per heavy atom.